The Hall–Kier alpha value is -1.42. The number of hydrogen-bond acceptors (Lipinski definition) is 3. The van der Waals surface area contributed by atoms with Crippen molar-refractivity contribution in [2.45, 2.75) is 13.3 Å². The fraction of sp³-hybridized carbons (Fsp3) is 0.273. The molecule has 4 heteroatoms. The van der Waals surface area contributed by atoms with E-state index in [1.54, 1.807) is 10.9 Å². The van der Waals surface area contributed by atoms with Gasteiger partial charge in [-0.15, -0.1) is 0 Å². The number of rotatable bonds is 3. The van der Waals surface area contributed by atoms with E-state index in [1.807, 2.05) is 30.8 Å². The SMILES string of the molecule is CCc1nn(C)cc1C(=O)c1ccsc1. The van der Waals surface area contributed by atoms with Gasteiger partial charge in [-0.05, 0) is 17.9 Å². The lowest BCUT2D eigenvalue weighted by Gasteiger charge is -1.95. The van der Waals surface area contributed by atoms with Crippen molar-refractivity contribution in [3.8, 4) is 0 Å². The highest BCUT2D eigenvalue weighted by atomic mass is 32.1. The molecule has 78 valence electrons. The molecule has 2 rings (SSSR count). The molecular formula is C11H12N2OS. The first kappa shape index (κ1) is 10.1. The van der Waals surface area contributed by atoms with Crippen LogP contribution in [0.4, 0.5) is 0 Å². The Labute approximate surface area is 92.4 Å². The van der Waals surface area contributed by atoms with Gasteiger partial charge >= 0.3 is 0 Å². The van der Waals surface area contributed by atoms with E-state index in [0.717, 1.165) is 23.2 Å². The summed E-state index contributed by atoms with van der Waals surface area (Å²) in [7, 11) is 1.84. The highest BCUT2D eigenvalue weighted by Gasteiger charge is 2.16. The quantitative estimate of drug-likeness (QED) is 0.744. The Morgan fingerprint density at radius 2 is 2.40 bits per heavy atom. The van der Waals surface area contributed by atoms with Gasteiger partial charge in [-0.2, -0.15) is 16.4 Å². The molecular weight excluding hydrogens is 208 g/mol. The van der Waals surface area contributed by atoms with Crippen LogP contribution in [0.25, 0.3) is 0 Å². The Kier molecular flexibility index (Phi) is 2.68. The Bertz CT molecular complexity index is 471. The maximum absolute atomic E-state index is 12.1. The zero-order chi connectivity index (χ0) is 10.8. The molecule has 2 heterocycles. The van der Waals surface area contributed by atoms with Crippen LogP contribution in [0.15, 0.2) is 23.0 Å². The van der Waals surface area contributed by atoms with Crippen LogP contribution in [-0.4, -0.2) is 15.6 Å². The van der Waals surface area contributed by atoms with E-state index in [-0.39, 0.29) is 5.78 Å². The van der Waals surface area contributed by atoms with Crippen LogP contribution in [0, 0.1) is 0 Å². The fourth-order valence-electron chi connectivity index (χ4n) is 1.53. The number of aryl methyl sites for hydroxylation is 2. The Morgan fingerprint density at radius 3 is 3.00 bits per heavy atom. The zero-order valence-corrected chi connectivity index (χ0v) is 9.54. The molecule has 3 nitrogen and oxygen atoms in total. The van der Waals surface area contributed by atoms with Gasteiger partial charge in [0.1, 0.15) is 0 Å². The summed E-state index contributed by atoms with van der Waals surface area (Å²) in [5.74, 6) is 0.0706. The van der Waals surface area contributed by atoms with E-state index < -0.39 is 0 Å². The van der Waals surface area contributed by atoms with Crippen LogP contribution < -0.4 is 0 Å². The second kappa shape index (κ2) is 3.98. The number of aromatic nitrogens is 2. The van der Waals surface area contributed by atoms with Gasteiger partial charge in [0.15, 0.2) is 5.78 Å². The lowest BCUT2D eigenvalue weighted by molar-refractivity contribution is 0.103. The topological polar surface area (TPSA) is 34.9 Å². The molecule has 0 aromatic carbocycles. The van der Waals surface area contributed by atoms with Crippen molar-refractivity contribution in [3.63, 3.8) is 0 Å². The first-order chi connectivity index (χ1) is 7.22. The van der Waals surface area contributed by atoms with Crippen molar-refractivity contribution in [1.29, 1.82) is 0 Å². The lowest BCUT2D eigenvalue weighted by Crippen LogP contribution is -2.01. The van der Waals surface area contributed by atoms with Crippen molar-refractivity contribution in [3.05, 3.63) is 39.8 Å². The highest BCUT2D eigenvalue weighted by Crippen LogP contribution is 2.15. The second-order valence-electron chi connectivity index (χ2n) is 3.36. The molecule has 0 aliphatic rings. The summed E-state index contributed by atoms with van der Waals surface area (Å²) in [5, 5.41) is 8.04. The number of carbonyl (C=O) groups is 1. The first-order valence-electron chi connectivity index (χ1n) is 4.81. The van der Waals surface area contributed by atoms with Crippen LogP contribution in [0.2, 0.25) is 0 Å². The van der Waals surface area contributed by atoms with Crippen LogP contribution >= 0.6 is 11.3 Å². The molecule has 2 aromatic rings. The molecule has 0 atom stereocenters. The van der Waals surface area contributed by atoms with E-state index in [4.69, 9.17) is 0 Å². The summed E-state index contributed by atoms with van der Waals surface area (Å²) in [6.07, 6.45) is 2.57. The summed E-state index contributed by atoms with van der Waals surface area (Å²) in [6, 6.07) is 1.85. The van der Waals surface area contributed by atoms with Crippen LogP contribution in [0.1, 0.15) is 28.5 Å². The molecule has 0 fully saturated rings. The Balaban J connectivity index is 2.41. The number of hydrogen-bond donors (Lipinski definition) is 0. The Morgan fingerprint density at radius 1 is 1.60 bits per heavy atom. The third kappa shape index (κ3) is 1.85. The maximum atomic E-state index is 12.1. The summed E-state index contributed by atoms with van der Waals surface area (Å²) in [6.45, 7) is 2.01. The van der Waals surface area contributed by atoms with Crippen molar-refractivity contribution < 1.29 is 4.79 Å². The molecule has 0 spiro atoms. The van der Waals surface area contributed by atoms with Gasteiger partial charge < -0.3 is 0 Å². The van der Waals surface area contributed by atoms with E-state index in [9.17, 15) is 4.79 Å². The normalized spacial score (nSPS) is 10.5. The van der Waals surface area contributed by atoms with Gasteiger partial charge in [0.2, 0.25) is 0 Å². The molecule has 0 aliphatic heterocycles. The minimum Gasteiger partial charge on any atom is -0.288 e. The van der Waals surface area contributed by atoms with E-state index >= 15 is 0 Å². The third-order valence-electron chi connectivity index (χ3n) is 2.27. The molecule has 15 heavy (non-hydrogen) atoms. The largest absolute Gasteiger partial charge is 0.288 e. The van der Waals surface area contributed by atoms with Crippen LogP contribution in [0.3, 0.4) is 0 Å². The molecule has 0 N–H and O–H groups in total. The van der Waals surface area contributed by atoms with Crippen molar-refractivity contribution in [1.82, 2.24) is 9.78 Å². The monoisotopic (exact) mass is 220 g/mol. The van der Waals surface area contributed by atoms with Gasteiger partial charge in [-0.1, -0.05) is 6.92 Å². The van der Waals surface area contributed by atoms with E-state index in [2.05, 4.69) is 5.10 Å². The number of ketones is 1. The highest BCUT2D eigenvalue weighted by molar-refractivity contribution is 7.08. The standard InChI is InChI=1S/C11H12N2OS/c1-3-10-9(6-13(2)12-10)11(14)8-4-5-15-7-8/h4-7H,3H2,1-2H3. The summed E-state index contributed by atoms with van der Waals surface area (Å²) < 4.78 is 1.69. The molecule has 0 aliphatic carbocycles. The van der Waals surface area contributed by atoms with Gasteiger partial charge in [-0.25, -0.2) is 0 Å². The average Bonchev–Trinajstić information content (AvgIpc) is 2.84. The first-order valence-corrected chi connectivity index (χ1v) is 5.76. The van der Waals surface area contributed by atoms with Crippen molar-refractivity contribution in [2.75, 3.05) is 0 Å². The molecule has 0 bridgehead atoms. The molecule has 0 saturated carbocycles. The minimum absolute atomic E-state index is 0.0706. The smallest absolute Gasteiger partial charge is 0.197 e. The average molecular weight is 220 g/mol. The minimum atomic E-state index is 0.0706. The number of carbonyl (C=O) groups excluding carboxylic acids is 1. The molecule has 0 unspecified atom stereocenters. The van der Waals surface area contributed by atoms with E-state index in [1.165, 1.54) is 11.3 Å². The second-order valence-corrected chi connectivity index (χ2v) is 4.14. The van der Waals surface area contributed by atoms with Crippen LogP contribution in [-0.2, 0) is 13.5 Å². The van der Waals surface area contributed by atoms with Gasteiger partial charge in [0.25, 0.3) is 0 Å². The third-order valence-corrected chi connectivity index (χ3v) is 2.95. The fourth-order valence-corrected chi connectivity index (χ4v) is 2.17. The molecule has 0 radical (unpaired) electrons. The number of thiophene rings is 1. The van der Waals surface area contributed by atoms with Gasteiger partial charge in [0, 0.05) is 24.2 Å². The van der Waals surface area contributed by atoms with Crippen molar-refractivity contribution >= 4 is 17.1 Å². The molecule has 2 aromatic heterocycles. The lowest BCUT2D eigenvalue weighted by atomic mass is 10.1. The van der Waals surface area contributed by atoms with Crippen LogP contribution in [0.5, 0.6) is 0 Å². The van der Waals surface area contributed by atoms with Gasteiger partial charge in [0.05, 0.1) is 11.3 Å². The summed E-state index contributed by atoms with van der Waals surface area (Å²) in [5.41, 5.74) is 2.34. The zero-order valence-electron chi connectivity index (χ0n) is 8.73. The van der Waals surface area contributed by atoms with E-state index in [0.29, 0.717) is 0 Å². The maximum Gasteiger partial charge on any atom is 0.197 e. The van der Waals surface area contributed by atoms with Crippen molar-refractivity contribution in [2.24, 2.45) is 7.05 Å². The number of nitrogens with zero attached hydrogens (tertiary/aromatic N) is 2. The summed E-state index contributed by atoms with van der Waals surface area (Å²) >= 11 is 1.53. The molecule has 0 amide bonds. The van der Waals surface area contributed by atoms with Gasteiger partial charge in [-0.3, -0.25) is 9.48 Å². The predicted octanol–water partition coefficient (Wildman–Crippen LogP) is 2.28. The molecule has 0 saturated heterocycles. The summed E-state index contributed by atoms with van der Waals surface area (Å²) in [4.78, 5) is 12.1. The predicted molar refractivity (Wildman–Crippen MR) is 60.3 cm³/mol.